The Bertz CT molecular complexity index is 948. The number of alkyl halides is 3. The highest BCUT2D eigenvalue weighted by molar-refractivity contribution is 5.94. The lowest BCUT2D eigenvalue weighted by Crippen LogP contribution is -2.13. The van der Waals surface area contributed by atoms with E-state index in [-0.39, 0.29) is 11.5 Å². The number of aromatic carboxylic acids is 1. The standard InChI is InChI=1S/C21H19F3N2O3/c22-21(23,24)8-11-29-16-4-5-17-14(2-1-3-15(17)12-16)6-10-26-19-13-25-9-7-18(19)20(27)28/h4-5,7,9,12-14,26H,1-3,8,11H2,(H,27,28). The molecule has 0 fully saturated rings. The third-order valence-electron chi connectivity index (χ3n) is 4.58. The van der Waals surface area contributed by atoms with Crippen molar-refractivity contribution >= 4 is 11.7 Å². The molecule has 0 amide bonds. The predicted octanol–water partition coefficient (Wildman–Crippen LogP) is 4.60. The highest BCUT2D eigenvalue weighted by atomic mass is 19.4. The molecule has 0 saturated carbocycles. The molecule has 1 aliphatic rings. The Hall–Kier alpha value is -3.21. The molecule has 5 nitrogen and oxygen atoms in total. The van der Waals surface area contributed by atoms with Crippen LogP contribution in [0, 0.1) is 12.0 Å². The number of halogens is 3. The van der Waals surface area contributed by atoms with Crippen LogP contribution in [0.15, 0.2) is 36.7 Å². The van der Waals surface area contributed by atoms with E-state index in [0.717, 1.165) is 30.4 Å². The fourth-order valence-electron chi connectivity index (χ4n) is 3.19. The first-order valence-electron chi connectivity index (χ1n) is 9.10. The lowest BCUT2D eigenvalue weighted by Gasteiger charge is -2.22. The summed E-state index contributed by atoms with van der Waals surface area (Å²) in [6.45, 7) is -0.410. The number of fused-ring (bicyclic) bond motifs is 1. The lowest BCUT2D eigenvalue weighted by molar-refractivity contribution is -0.139. The van der Waals surface area contributed by atoms with E-state index < -0.39 is 25.2 Å². The zero-order chi connectivity index (χ0) is 20.9. The number of benzene rings is 1. The molecule has 0 radical (unpaired) electrons. The van der Waals surface area contributed by atoms with Crippen molar-refractivity contribution in [2.75, 3.05) is 11.9 Å². The molecule has 1 aliphatic carbocycles. The van der Waals surface area contributed by atoms with Gasteiger partial charge >= 0.3 is 12.1 Å². The van der Waals surface area contributed by atoms with E-state index in [1.54, 1.807) is 12.1 Å². The summed E-state index contributed by atoms with van der Waals surface area (Å²) in [6.07, 6.45) is 0.113. The first kappa shape index (κ1) is 20.5. The normalized spacial score (nSPS) is 15.6. The van der Waals surface area contributed by atoms with E-state index >= 15 is 0 Å². The molecule has 1 aromatic carbocycles. The molecule has 0 saturated heterocycles. The van der Waals surface area contributed by atoms with Crippen molar-refractivity contribution in [3.63, 3.8) is 0 Å². The molecule has 0 bridgehead atoms. The summed E-state index contributed by atoms with van der Waals surface area (Å²) in [6, 6.07) is 9.48. The molecule has 152 valence electrons. The van der Waals surface area contributed by atoms with Crippen LogP contribution in [0.5, 0.6) is 5.75 Å². The van der Waals surface area contributed by atoms with Crippen LogP contribution in [0.25, 0.3) is 0 Å². The van der Waals surface area contributed by atoms with Crippen LogP contribution in [0.3, 0.4) is 0 Å². The maximum Gasteiger partial charge on any atom is 0.392 e. The molecule has 3 rings (SSSR count). The highest BCUT2D eigenvalue weighted by Gasteiger charge is 2.27. The number of carboxylic acid groups (broad SMARTS) is 1. The summed E-state index contributed by atoms with van der Waals surface area (Å²) in [5, 5.41) is 12.0. The number of carbonyl (C=O) groups is 1. The molecular weight excluding hydrogens is 385 g/mol. The molecular formula is C21H19F3N2O3. The molecule has 0 aliphatic heterocycles. The minimum atomic E-state index is -4.24. The molecule has 8 heteroatoms. The second-order valence-corrected chi connectivity index (χ2v) is 6.64. The van der Waals surface area contributed by atoms with Crippen LogP contribution in [0.2, 0.25) is 0 Å². The first-order valence-corrected chi connectivity index (χ1v) is 9.10. The molecule has 1 unspecified atom stereocenters. The molecule has 29 heavy (non-hydrogen) atoms. The first-order chi connectivity index (χ1) is 13.8. The van der Waals surface area contributed by atoms with E-state index in [4.69, 9.17) is 4.74 Å². The molecule has 2 N–H and O–H groups in total. The molecule has 1 heterocycles. The number of hydrogen-bond acceptors (Lipinski definition) is 4. The highest BCUT2D eigenvalue weighted by Crippen LogP contribution is 2.33. The van der Waals surface area contributed by atoms with Gasteiger partial charge in [-0.1, -0.05) is 12.0 Å². The summed E-state index contributed by atoms with van der Waals surface area (Å²) in [4.78, 5) is 15.1. The van der Waals surface area contributed by atoms with E-state index in [2.05, 4.69) is 22.3 Å². The Morgan fingerprint density at radius 2 is 2.17 bits per heavy atom. The van der Waals surface area contributed by atoms with Gasteiger partial charge in [-0.05, 0) is 48.6 Å². The van der Waals surface area contributed by atoms with Crippen molar-refractivity contribution in [3.05, 3.63) is 53.3 Å². The van der Waals surface area contributed by atoms with E-state index in [9.17, 15) is 23.1 Å². The predicted molar refractivity (Wildman–Crippen MR) is 101 cm³/mol. The number of nitrogens with zero attached hydrogens (tertiary/aromatic N) is 1. The van der Waals surface area contributed by atoms with Gasteiger partial charge in [-0.3, -0.25) is 4.98 Å². The van der Waals surface area contributed by atoms with Crippen LogP contribution < -0.4 is 10.1 Å². The second-order valence-electron chi connectivity index (χ2n) is 6.64. The van der Waals surface area contributed by atoms with E-state index in [1.165, 1.54) is 18.5 Å². The zero-order valence-electron chi connectivity index (χ0n) is 15.4. The van der Waals surface area contributed by atoms with Crippen molar-refractivity contribution in [2.45, 2.75) is 37.8 Å². The maximum atomic E-state index is 12.3. The van der Waals surface area contributed by atoms with Crippen LogP contribution >= 0.6 is 0 Å². The van der Waals surface area contributed by atoms with Crippen molar-refractivity contribution in [3.8, 4) is 17.7 Å². The summed E-state index contributed by atoms with van der Waals surface area (Å²) < 4.78 is 42.0. The Labute approximate surface area is 165 Å². The summed E-state index contributed by atoms with van der Waals surface area (Å²) in [7, 11) is 0. The van der Waals surface area contributed by atoms with Crippen molar-refractivity contribution < 1.29 is 27.8 Å². The van der Waals surface area contributed by atoms with Gasteiger partial charge in [0.25, 0.3) is 0 Å². The minimum absolute atomic E-state index is 0.0552. The monoisotopic (exact) mass is 404 g/mol. The van der Waals surface area contributed by atoms with Gasteiger partial charge in [-0.15, -0.1) is 0 Å². The number of pyridine rings is 1. The third kappa shape index (κ3) is 5.64. The quantitative estimate of drug-likeness (QED) is 0.563. The number of ether oxygens (including phenoxy) is 1. The Morgan fingerprint density at radius 1 is 1.34 bits per heavy atom. The van der Waals surface area contributed by atoms with Crippen LogP contribution in [-0.2, 0) is 6.42 Å². The average molecular weight is 404 g/mol. The van der Waals surface area contributed by atoms with E-state index in [0.29, 0.717) is 11.4 Å². The minimum Gasteiger partial charge on any atom is -0.493 e. The Kier molecular flexibility index (Phi) is 6.27. The largest absolute Gasteiger partial charge is 0.493 e. The second kappa shape index (κ2) is 8.86. The summed E-state index contributed by atoms with van der Waals surface area (Å²) in [5.41, 5.74) is 2.42. The number of aromatic nitrogens is 1. The fraction of sp³-hybridized carbons (Fsp3) is 0.333. The van der Waals surface area contributed by atoms with Gasteiger partial charge in [-0.2, -0.15) is 13.2 Å². The molecule has 1 aromatic heterocycles. The number of rotatable bonds is 5. The number of hydrogen-bond donors (Lipinski definition) is 2. The van der Waals surface area contributed by atoms with Crippen LogP contribution in [-0.4, -0.2) is 28.8 Å². The smallest absolute Gasteiger partial charge is 0.392 e. The van der Waals surface area contributed by atoms with Gasteiger partial charge < -0.3 is 15.2 Å². The van der Waals surface area contributed by atoms with Gasteiger partial charge in [0.05, 0.1) is 30.5 Å². The average Bonchev–Trinajstić information content (AvgIpc) is 2.67. The maximum absolute atomic E-state index is 12.3. The van der Waals surface area contributed by atoms with Crippen molar-refractivity contribution in [1.82, 2.24) is 4.98 Å². The van der Waals surface area contributed by atoms with Gasteiger partial charge in [0, 0.05) is 18.2 Å². The Balaban J connectivity index is 1.69. The molecule has 1 atom stereocenters. The lowest BCUT2D eigenvalue weighted by atomic mass is 9.83. The van der Waals surface area contributed by atoms with Crippen LogP contribution in [0.1, 0.15) is 46.7 Å². The molecule has 0 spiro atoms. The zero-order valence-corrected chi connectivity index (χ0v) is 15.4. The van der Waals surface area contributed by atoms with Crippen molar-refractivity contribution in [1.29, 1.82) is 0 Å². The number of nitrogens with one attached hydrogen (secondary N) is 1. The Morgan fingerprint density at radius 3 is 2.93 bits per heavy atom. The fourth-order valence-corrected chi connectivity index (χ4v) is 3.19. The number of aryl methyl sites for hydroxylation is 1. The topological polar surface area (TPSA) is 71.5 Å². The molecule has 2 aromatic rings. The van der Waals surface area contributed by atoms with Gasteiger partial charge in [0.2, 0.25) is 0 Å². The summed E-state index contributed by atoms with van der Waals surface area (Å²) >= 11 is 0. The SMILES string of the molecule is O=C(O)c1ccncc1NC#CC1CCCc2cc(OCCC(F)(F)F)ccc21. The summed E-state index contributed by atoms with van der Waals surface area (Å²) in [5.74, 6) is 2.39. The number of carboxylic acids is 1. The third-order valence-corrected chi connectivity index (χ3v) is 4.58. The van der Waals surface area contributed by atoms with Crippen LogP contribution in [0.4, 0.5) is 18.9 Å². The van der Waals surface area contributed by atoms with Gasteiger partial charge in [0.15, 0.2) is 0 Å². The van der Waals surface area contributed by atoms with Crippen molar-refractivity contribution in [2.24, 2.45) is 0 Å². The van der Waals surface area contributed by atoms with Gasteiger partial charge in [0.1, 0.15) is 5.75 Å². The van der Waals surface area contributed by atoms with Gasteiger partial charge in [-0.25, -0.2) is 4.79 Å². The van der Waals surface area contributed by atoms with E-state index in [1.807, 2.05) is 6.07 Å². The number of anilines is 1.